The maximum atomic E-state index is 11.8. The van der Waals surface area contributed by atoms with Crippen LogP contribution in [0.15, 0.2) is 24.3 Å². The van der Waals surface area contributed by atoms with Crippen molar-refractivity contribution in [3.8, 4) is 5.75 Å². The van der Waals surface area contributed by atoms with E-state index in [0.29, 0.717) is 12.3 Å². The fourth-order valence-corrected chi connectivity index (χ4v) is 1.70. The number of carbonyl (C=O) groups excluding carboxylic acids is 2. The molecule has 0 fully saturated rings. The molecule has 116 valence electrons. The van der Waals surface area contributed by atoms with Crippen LogP contribution in [0.25, 0.3) is 0 Å². The van der Waals surface area contributed by atoms with E-state index in [2.05, 4.69) is 16.0 Å². The lowest BCUT2D eigenvalue weighted by atomic mass is 10.1. The van der Waals surface area contributed by atoms with Gasteiger partial charge in [0.15, 0.2) is 6.10 Å². The van der Waals surface area contributed by atoms with Gasteiger partial charge in [0, 0.05) is 12.6 Å². The molecule has 3 amide bonds. The van der Waals surface area contributed by atoms with Crippen molar-refractivity contribution in [3.05, 3.63) is 29.8 Å². The topological polar surface area (TPSA) is 79.5 Å². The second-order valence-corrected chi connectivity index (χ2v) is 4.69. The van der Waals surface area contributed by atoms with E-state index in [-0.39, 0.29) is 6.04 Å². The summed E-state index contributed by atoms with van der Waals surface area (Å²) in [6.07, 6.45) is -0.757. The molecule has 2 unspecified atom stereocenters. The highest BCUT2D eigenvalue weighted by molar-refractivity contribution is 5.96. The molecule has 21 heavy (non-hydrogen) atoms. The number of imide groups is 1. The Bertz CT molecular complexity index is 491. The zero-order valence-corrected chi connectivity index (χ0v) is 12.9. The molecular formula is C15H23N3O3. The third-order valence-corrected chi connectivity index (χ3v) is 3.05. The van der Waals surface area contributed by atoms with Crippen LogP contribution in [0.4, 0.5) is 4.79 Å². The molecule has 0 aromatic heterocycles. The van der Waals surface area contributed by atoms with Gasteiger partial charge in [-0.05, 0) is 45.5 Å². The number of amides is 3. The molecule has 0 spiro atoms. The number of ether oxygens (including phenoxy) is 1. The first kappa shape index (κ1) is 17.0. The van der Waals surface area contributed by atoms with Crippen molar-refractivity contribution in [2.24, 2.45) is 0 Å². The number of carbonyl (C=O) groups is 2. The molecule has 0 saturated heterocycles. The highest BCUT2D eigenvalue weighted by Gasteiger charge is 2.17. The number of hydrogen-bond donors (Lipinski definition) is 3. The third-order valence-electron chi connectivity index (χ3n) is 3.05. The van der Waals surface area contributed by atoms with Gasteiger partial charge in [0.2, 0.25) is 0 Å². The summed E-state index contributed by atoms with van der Waals surface area (Å²) in [6, 6.07) is 7.17. The van der Waals surface area contributed by atoms with Crippen molar-refractivity contribution in [3.63, 3.8) is 0 Å². The number of nitrogens with one attached hydrogen (secondary N) is 3. The molecule has 1 aromatic rings. The van der Waals surface area contributed by atoms with Gasteiger partial charge in [-0.1, -0.05) is 12.1 Å². The van der Waals surface area contributed by atoms with Gasteiger partial charge in [-0.2, -0.15) is 0 Å². The molecule has 6 nitrogen and oxygen atoms in total. The van der Waals surface area contributed by atoms with Crippen LogP contribution in [0, 0.1) is 0 Å². The number of hydrogen-bond acceptors (Lipinski definition) is 4. The van der Waals surface area contributed by atoms with Gasteiger partial charge in [-0.15, -0.1) is 0 Å². The van der Waals surface area contributed by atoms with E-state index >= 15 is 0 Å². The predicted molar refractivity (Wildman–Crippen MR) is 81.2 cm³/mol. The zero-order valence-electron chi connectivity index (χ0n) is 12.9. The van der Waals surface area contributed by atoms with Crippen LogP contribution in [0.5, 0.6) is 5.75 Å². The first-order chi connectivity index (χ1) is 9.97. The number of benzene rings is 1. The molecule has 0 aliphatic rings. The quantitative estimate of drug-likeness (QED) is 0.744. The number of urea groups is 1. The molecule has 0 bridgehead atoms. The summed E-state index contributed by atoms with van der Waals surface area (Å²) in [5.41, 5.74) is 1.06. The molecule has 6 heteroatoms. The fraction of sp³-hybridized carbons (Fsp3) is 0.467. The Kier molecular flexibility index (Phi) is 6.68. The van der Waals surface area contributed by atoms with E-state index in [1.165, 1.54) is 0 Å². The summed E-state index contributed by atoms with van der Waals surface area (Å²) in [5, 5.41) is 7.85. The average Bonchev–Trinajstić information content (AvgIpc) is 2.46. The Morgan fingerprint density at radius 3 is 2.62 bits per heavy atom. The van der Waals surface area contributed by atoms with Crippen LogP contribution in [0.3, 0.4) is 0 Å². The molecule has 3 N–H and O–H groups in total. The second kappa shape index (κ2) is 8.26. The van der Waals surface area contributed by atoms with Crippen LogP contribution in [-0.2, 0) is 4.79 Å². The molecule has 0 radical (unpaired) electrons. The predicted octanol–water partition coefficient (Wildman–Crippen LogP) is 1.58. The Morgan fingerprint density at radius 1 is 1.29 bits per heavy atom. The molecule has 0 aliphatic carbocycles. The summed E-state index contributed by atoms with van der Waals surface area (Å²) < 4.78 is 5.57. The van der Waals surface area contributed by atoms with Crippen LogP contribution in [0.2, 0.25) is 0 Å². The van der Waals surface area contributed by atoms with Crippen LogP contribution in [0.1, 0.15) is 32.4 Å². The molecule has 1 rings (SSSR count). The normalized spacial score (nSPS) is 13.1. The van der Waals surface area contributed by atoms with E-state index in [0.717, 1.165) is 5.56 Å². The van der Waals surface area contributed by atoms with Crippen LogP contribution < -0.4 is 20.7 Å². The standard InChI is InChI=1S/C15H23N3O3/c1-5-17-15(20)18-14(19)11(3)21-13-8-6-7-12(9-13)10(2)16-4/h6-11,16H,5H2,1-4H3,(H2,17,18,19,20). The minimum absolute atomic E-state index is 0.188. The highest BCUT2D eigenvalue weighted by Crippen LogP contribution is 2.19. The van der Waals surface area contributed by atoms with Gasteiger partial charge in [0.25, 0.3) is 5.91 Å². The van der Waals surface area contributed by atoms with Gasteiger partial charge in [0.05, 0.1) is 0 Å². The van der Waals surface area contributed by atoms with E-state index in [9.17, 15) is 9.59 Å². The maximum absolute atomic E-state index is 11.8. The molecule has 0 aliphatic heterocycles. The van der Waals surface area contributed by atoms with E-state index in [1.54, 1.807) is 19.9 Å². The van der Waals surface area contributed by atoms with Crippen molar-refractivity contribution in [2.75, 3.05) is 13.6 Å². The Labute approximate surface area is 125 Å². The van der Waals surface area contributed by atoms with Gasteiger partial charge in [-0.25, -0.2) is 4.79 Å². The number of rotatable bonds is 6. The molecule has 1 aromatic carbocycles. The Hall–Kier alpha value is -2.08. The molecular weight excluding hydrogens is 270 g/mol. The Morgan fingerprint density at radius 2 is 2.00 bits per heavy atom. The lowest BCUT2D eigenvalue weighted by molar-refractivity contribution is -0.126. The van der Waals surface area contributed by atoms with Gasteiger partial charge in [0.1, 0.15) is 5.75 Å². The first-order valence-electron chi connectivity index (χ1n) is 7.00. The minimum Gasteiger partial charge on any atom is -0.481 e. The van der Waals surface area contributed by atoms with Crippen molar-refractivity contribution < 1.29 is 14.3 Å². The Balaban J connectivity index is 2.63. The molecule has 2 atom stereocenters. The van der Waals surface area contributed by atoms with E-state index in [1.807, 2.05) is 32.2 Å². The molecule has 0 saturated carbocycles. The summed E-state index contributed by atoms with van der Waals surface area (Å²) in [7, 11) is 1.88. The SMILES string of the molecule is CCNC(=O)NC(=O)C(C)Oc1cccc(C(C)NC)c1. The van der Waals surface area contributed by atoms with Crippen molar-refractivity contribution in [1.29, 1.82) is 0 Å². The summed E-state index contributed by atoms with van der Waals surface area (Å²) in [5.74, 6) is 0.112. The van der Waals surface area contributed by atoms with Crippen molar-refractivity contribution in [1.82, 2.24) is 16.0 Å². The van der Waals surface area contributed by atoms with Gasteiger partial charge < -0.3 is 15.4 Å². The lowest BCUT2D eigenvalue weighted by Crippen LogP contribution is -2.45. The fourth-order valence-electron chi connectivity index (χ4n) is 1.70. The summed E-state index contributed by atoms with van der Waals surface area (Å²) in [6.45, 7) is 5.86. The van der Waals surface area contributed by atoms with E-state index in [4.69, 9.17) is 4.74 Å². The first-order valence-corrected chi connectivity index (χ1v) is 7.00. The largest absolute Gasteiger partial charge is 0.481 e. The van der Waals surface area contributed by atoms with Crippen LogP contribution >= 0.6 is 0 Å². The zero-order chi connectivity index (χ0) is 15.8. The second-order valence-electron chi connectivity index (χ2n) is 4.69. The smallest absolute Gasteiger partial charge is 0.321 e. The summed E-state index contributed by atoms with van der Waals surface area (Å²) in [4.78, 5) is 23.1. The van der Waals surface area contributed by atoms with Gasteiger partial charge in [-0.3, -0.25) is 10.1 Å². The molecule has 0 heterocycles. The van der Waals surface area contributed by atoms with Crippen LogP contribution in [-0.4, -0.2) is 31.6 Å². The summed E-state index contributed by atoms with van der Waals surface area (Å²) >= 11 is 0. The van der Waals surface area contributed by atoms with E-state index < -0.39 is 18.0 Å². The monoisotopic (exact) mass is 293 g/mol. The van der Waals surface area contributed by atoms with Crippen molar-refractivity contribution in [2.45, 2.75) is 32.9 Å². The lowest BCUT2D eigenvalue weighted by Gasteiger charge is -2.16. The van der Waals surface area contributed by atoms with Crippen molar-refractivity contribution >= 4 is 11.9 Å². The third kappa shape index (κ3) is 5.43. The minimum atomic E-state index is -0.757. The van der Waals surface area contributed by atoms with Gasteiger partial charge >= 0.3 is 6.03 Å². The average molecular weight is 293 g/mol. The highest BCUT2D eigenvalue weighted by atomic mass is 16.5. The maximum Gasteiger partial charge on any atom is 0.321 e.